The van der Waals surface area contributed by atoms with Crippen LogP contribution in [-0.4, -0.2) is 26.8 Å². The van der Waals surface area contributed by atoms with Gasteiger partial charge in [0.05, 0.1) is 20.3 Å². The summed E-state index contributed by atoms with van der Waals surface area (Å²) in [6, 6.07) is 4.00. The molecule has 0 radical (unpaired) electrons. The number of benzene rings is 1. The number of fused-ring (bicyclic) bond motifs is 3. The molecule has 1 heterocycles. The number of esters is 1. The lowest BCUT2D eigenvalue weighted by molar-refractivity contribution is 0.0589. The van der Waals surface area contributed by atoms with Crippen molar-refractivity contribution in [3.8, 4) is 5.75 Å². The van der Waals surface area contributed by atoms with Gasteiger partial charge in [0.25, 0.3) is 0 Å². The summed E-state index contributed by atoms with van der Waals surface area (Å²) < 4.78 is 15.8. The van der Waals surface area contributed by atoms with Crippen LogP contribution in [-0.2, 0) is 16.1 Å². The van der Waals surface area contributed by atoms with Crippen LogP contribution >= 0.6 is 0 Å². The second-order valence-corrected chi connectivity index (χ2v) is 4.86. The summed E-state index contributed by atoms with van der Waals surface area (Å²) in [6.45, 7) is 1.09. The molecule has 4 heteroatoms. The maximum atomic E-state index is 11.9. The highest BCUT2D eigenvalue weighted by Gasteiger charge is 2.45. The van der Waals surface area contributed by atoms with E-state index in [1.165, 1.54) is 7.11 Å². The van der Waals surface area contributed by atoms with Crippen molar-refractivity contribution in [3.63, 3.8) is 0 Å². The number of ether oxygens (including phenoxy) is 3. The highest BCUT2D eigenvalue weighted by atomic mass is 16.5. The molecule has 1 saturated carbocycles. The molecule has 1 aromatic rings. The fraction of sp³-hybridized carbons (Fsp3) is 0.500. The zero-order chi connectivity index (χ0) is 12.7. The van der Waals surface area contributed by atoms with Crippen molar-refractivity contribution in [1.82, 2.24) is 0 Å². The van der Waals surface area contributed by atoms with E-state index in [1.807, 2.05) is 6.07 Å². The van der Waals surface area contributed by atoms with Crippen LogP contribution < -0.4 is 4.74 Å². The van der Waals surface area contributed by atoms with E-state index in [1.54, 1.807) is 7.11 Å². The smallest absolute Gasteiger partial charge is 0.342 e. The molecule has 0 saturated heterocycles. The topological polar surface area (TPSA) is 44.8 Å². The number of hydrogen-bond donors (Lipinski definition) is 0. The standard InChI is InChI=1S/C14H16O4/c1-16-6-8-3-4-10-11-5-9(11)7-18-13(10)12(8)14(15)17-2/h3-4,9,11H,5-7H2,1-2H3/t9-,11-/m1/s1. The number of carbonyl (C=O) groups is 1. The van der Waals surface area contributed by atoms with Gasteiger partial charge >= 0.3 is 5.97 Å². The lowest BCUT2D eigenvalue weighted by Gasteiger charge is -2.21. The largest absolute Gasteiger partial charge is 0.492 e. The van der Waals surface area contributed by atoms with Gasteiger partial charge in [0.2, 0.25) is 0 Å². The number of methoxy groups -OCH3 is 2. The van der Waals surface area contributed by atoms with Gasteiger partial charge in [-0.3, -0.25) is 0 Å². The van der Waals surface area contributed by atoms with E-state index < -0.39 is 0 Å². The second-order valence-electron chi connectivity index (χ2n) is 4.86. The molecule has 96 valence electrons. The molecule has 0 unspecified atom stereocenters. The first kappa shape index (κ1) is 11.5. The maximum Gasteiger partial charge on any atom is 0.342 e. The van der Waals surface area contributed by atoms with Gasteiger partial charge in [-0.15, -0.1) is 0 Å². The Kier molecular flexibility index (Phi) is 2.74. The minimum Gasteiger partial charge on any atom is -0.492 e. The lowest BCUT2D eigenvalue weighted by atomic mass is 9.97. The summed E-state index contributed by atoms with van der Waals surface area (Å²) in [4.78, 5) is 11.9. The minimum atomic E-state index is -0.349. The van der Waals surface area contributed by atoms with Crippen LogP contribution in [0.15, 0.2) is 12.1 Å². The SMILES string of the molecule is COCc1ccc2c(c1C(=O)OC)OC[C@H]1C[C@@H]21. The third-order valence-corrected chi connectivity index (χ3v) is 3.73. The third-order valence-electron chi connectivity index (χ3n) is 3.73. The molecule has 0 bridgehead atoms. The Morgan fingerprint density at radius 1 is 1.44 bits per heavy atom. The van der Waals surface area contributed by atoms with Crippen molar-refractivity contribution in [2.45, 2.75) is 18.9 Å². The van der Waals surface area contributed by atoms with Crippen molar-refractivity contribution < 1.29 is 19.0 Å². The zero-order valence-electron chi connectivity index (χ0n) is 10.6. The summed E-state index contributed by atoms with van der Waals surface area (Å²) in [5, 5.41) is 0. The molecular weight excluding hydrogens is 232 g/mol. The predicted octanol–water partition coefficient (Wildman–Crippen LogP) is 2.12. The van der Waals surface area contributed by atoms with Gasteiger partial charge in [-0.1, -0.05) is 12.1 Å². The third kappa shape index (κ3) is 1.68. The normalized spacial score (nSPS) is 23.7. The van der Waals surface area contributed by atoms with Crippen LogP contribution in [0.5, 0.6) is 5.75 Å². The monoisotopic (exact) mass is 248 g/mol. The quantitative estimate of drug-likeness (QED) is 0.768. The first-order chi connectivity index (χ1) is 8.76. The Morgan fingerprint density at radius 3 is 3.00 bits per heavy atom. The van der Waals surface area contributed by atoms with Gasteiger partial charge in [0.1, 0.15) is 11.3 Å². The molecule has 0 N–H and O–H groups in total. The Bertz CT molecular complexity index is 495. The minimum absolute atomic E-state index is 0.349. The molecule has 2 aliphatic rings. The van der Waals surface area contributed by atoms with E-state index >= 15 is 0 Å². The lowest BCUT2D eigenvalue weighted by Crippen LogP contribution is -2.16. The highest BCUT2D eigenvalue weighted by Crippen LogP contribution is 2.54. The number of hydrogen-bond acceptors (Lipinski definition) is 4. The Hall–Kier alpha value is -1.55. The summed E-state index contributed by atoms with van der Waals surface area (Å²) in [5.74, 6) is 1.55. The molecule has 3 rings (SSSR count). The van der Waals surface area contributed by atoms with E-state index in [0.717, 1.165) is 17.5 Å². The molecule has 2 atom stereocenters. The Labute approximate surface area is 106 Å². The average Bonchev–Trinajstić information content (AvgIpc) is 3.17. The predicted molar refractivity (Wildman–Crippen MR) is 64.8 cm³/mol. The summed E-state index contributed by atoms with van der Waals surface area (Å²) in [7, 11) is 3.00. The first-order valence-electron chi connectivity index (χ1n) is 6.12. The van der Waals surface area contributed by atoms with E-state index in [9.17, 15) is 4.79 Å². The molecule has 0 amide bonds. The molecule has 0 aromatic heterocycles. The van der Waals surface area contributed by atoms with Crippen molar-refractivity contribution in [2.75, 3.05) is 20.8 Å². The van der Waals surface area contributed by atoms with Crippen molar-refractivity contribution >= 4 is 5.97 Å². The van der Waals surface area contributed by atoms with Crippen molar-refractivity contribution in [2.24, 2.45) is 5.92 Å². The van der Waals surface area contributed by atoms with Crippen LogP contribution in [0.2, 0.25) is 0 Å². The Balaban J connectivity index is 2.10. The van der Waals surface area contributed by atoms with Crippen LogP contribution in [0.3, 0.4) is 0 Å². The summed E-state index contributed by atoms with van der Waals surface area (Å²) in [6.07, 6.45) is 1.16. The van der Waals surface area contributed by atoms with Gasteiger partial charge in [-0.25, -0.2) is 4.79 Å². The molecular formula is C14H16O4. The fourth-order valence-corrected chi connectivity index (χ4v) is 2.69. The number of carbonyl (C=O) groups excluding carboxylic acids is 1. The van der Waals surface area contributed by atoms with Crippen LogP contribution in [0.4, 0.5) is 0 Å². The van der Waals surface area contributed by atoms with Crippen molar-refractivity contribution in [3.05, 3.63) is 28.8 Å². The highest BCUT2D eigenvalue weighted by molar-refractivity contribution is 5.95. The summed E-state index contributed by atoms with van der Waals surface area (Å²) in [5.41, 5.74) is 2.50. The maximum absolute atomic E-state index is 11.9. The molecule has 4 nitrogen and oxygen atoms in total. The molecule has 0 spiro atoms. The second kappa shape index (κ2) is 4.28. The Morgan fingerprint density at radius 2 is 2.28 bits per heavy atom. The van der Waals surface area contributed by atoms with E-state index in [2.05, 4.69) is 6.07 Å². The van der Waals surface area contributed by atoms with E-state index in [4.69, 9.17) is 14.2 Å². The molecule has 1 aliphatic heterocycles. The summed E-state index contributed by atoms with van der Waals surface area (Å²) >= 11 is 0. The average molecular weight is 248 g/mol. The van der Waals surface area contributed by atoms with Crippen LogP contribution in [0.1, 0.15) is 33.8 Å². The van der Waals surface area contributed by atoms with Gasteiger partial charge in [0.15, 0.2) is 0 Å². The number of rotatable bonds is 3. The molecule has 18 heavy (non-hydrogen) atoms. The van der Waals surface area contributed by atoms with Crippen LogP contribution in [0, 0.1) is 5.92 Å². The molecule has 1 aromatic carbocycles. The first-order valence-corrected chi connectivity index (χ1v) is 6.12. The van der Waals surface area contributed by atoms with Crippen LogP contribution in [0.25, 0.3) is 0 Å². The zero-order valence-corrected chi connectivity index (χ0v) is 10.6. The molecule has 1 fully saturated rings. The van der Waals surface area contributed by atoms with Gasteiger partial charge in [-0.2, -0.15) is 0 Å². The van der Waals surface area contributed by atoms with Crippen molar-refractivity contribution in [1.29, 1.82) is 0 Å². The van der Waals surface area contributed by atoms with E-state index in [-0.39, 0.29) is 5.97 Å². The van der Waals surface area contributed by atoms with E-state index in [0.29, 0.717) is 36.4 Å². The van der Waals surface area contributed by atoms with Gasteiger partial charge < -0.3 is 14.2 Å². The fourth-order valence-electron chi connectivity index (χ4n) is 2.69. The molecule has 1 aliphatic carbocycles. The van der Waals surface area contributed by atoms with Gasteiger partial charge in [0, 0.05) is 13.0 Å². The van der Waals surface area contributed by atoms with Gasteiger partial charge in [-0.05, 0) is 23.5 Å².